The highest BCUT2D eigenvalue weighted by Crippen LogP contribution is 2.14. The summed E-state index contributed by atoms with van der Waals surface area (Å²) in [5.74, 6) is 0.659. The van der Waals surface area contributed by atoms with Crippen LogP contribution in [0.25, 0.3) is 0 Å². The fourth-order valence-corrected chi connectivity index (χ4v) is 1.85. The Morgan fingerprint density at radius 2 is 2.57 bits per heavy atom. The van der Waals surface area contributed by atoms with Gasteiger partial charge in [0.15, 0.2) is 0 Å². The third kappa shape index (κ3) is 2.10. The van der Waals surface area contributed by atoms with Crippen molar-refractivity contribution < 1.29 is 4.42 Å². The number of likely N-dealkylation sites (tertiary alicyclic amines) is 1. The van der Waals surface area contributed by atoms with E-state index in [1.165, 1.54) is 12.8 Å². The molecule has 1 aliphatic rings. The molecule has 1 saturated heterocycles. The molecule has 1 N–H and O–H groups in total. The van der Waals surface area contributed by atoms with E-state index in [4.69, 9.17) is 4.42 Å². The Hall–Kier alpha value is -0.940. The summed E-state index contributed by atoms with van der Waals surface area (Å²) < 4.78 is 5.05. The molecule has 0 saturated carbocycles. The van der Waals surface area contributed by atoms with Crippen LogP contribution in [0.5, 0.6) is 0 Å². The molecule has 0 bridgehead atoms. The monoisotopic (exact) mass is 196 g/mol. The van der Waals surface area contributed by atoms with Crippen molar-refractivity contribution in [2.45, 2.75) is 32.0 Å². The molecule has 1 fully saturated rings. The van der Waals surface area contributed by atoms with Crippen molar-refractivity contribution in [2.24, 2.45) is 0 Å². The molecule has 1 aromatic rings. The molecule has 0 aliphatic carbocycles. The largest absolute Gasteiger partial charge is 0.427 e. The lowest BCUT2D eigenvalue weighted by Gasteiger charge is -2.12. The van der Waals surface area contributed by atoms with E-state index in [9.17, 15) is 0 Å². The van der Waals surface area contributed by atoms with Gasteiger partial charge in [-0.1, -0.05) is 0 Å². The van der Waals surface area contributed by atoms with Crippen molar-refractivity contribution in [2.75, 3.05) is 13.6 Å². The van der Waals surface area contributed by atoms with E-state index < -0.39 is 0 Å². The molecule has 0 amide bonds. The van der Waals surface area contributed by atoms with Crippen LogP contribution in [0, 0.1) is 0 Å². The van der Waals surface area contributed by atoms with E-state index in [1.54, 1.807) is 0 Å². The van der Waals surface area contributed by atoms with Crippen LogP contribution in [-0.4, -0.2) is 40.8 Å². The molecule has 14 heavy (non-hydrogen) atoms. The van der Waals surface area contributed by atoms with Crippen molar-refractivity contribution in [3.05, 3.63) is 12.3 Å². The predicted octanol–water partition coefficient (Wildman–Crippen LogP) is 0.252. The SMILES string of the molecule is CC1CC(NCc2nnco2)CN1C. The topological polar surface area (TPSA) is 54.2 Å². The highest BCUT2D eigenvalue weighted by atomic mass is 16.4. The number of aromatic nitrogens is 2. The molecule has 1 aliphatic heterocycles. The molecule has 5 heteroatoms. The molecule has 0 spiro atoms. The van der Waals surface area contributed by atoms with Crippen LogP contribution in [0.4, 0.5) is 0 Å². The maximum atomic E-state index is 5.05. The smallest absolute Gasteiger partial charge is 0.229 e. The summed E-state index contributed by atoms with van der Waals surface area (Å²) in [6.07, 6.45) is 2.55. The van der Waals surface area contributed by atoms with Crippen LogP contribution in [0.15, 0.2) is 10.8 Å². The van der Waals surface area contributed by atoms with E-state index in [1.807, 2.05) is 0 Å². The normalized spacial score (nSPS) is 28.4. The zero-order valence-corrected chi connectivity index (χ0v) is 8.60. The second-order valence-corrected chi connectivity index (χ2v) is 3.93. The van der Waals surface area contributed by atoms with Crippen molar-refractivity contribution >= 4 is 0 Å². The van der Waals surface area contributed by atoms with Crippen molar-refractivity contribution in [3.8, 4) is 0 Å². The molecule has 1 aromatic heterocycles. The maximum Gasteiger partial charge on any atom is 0.229 e. The van der Waals surface area contributed by atoms with Gasteiger partial charge < -0.3 is 14.6 Å². The molecule has 2 heterocycles. The van der Waals surface area contributed by atoms with Crippen LogP contribution in [0.2, 0.25) is 0 Å². The number of likely N-dealkylation sites (N-methyl/N-ethyl adjacent to an activating group) is 1. The molecule has 78 valence electrons. The number of hydrogen-bond acceptors (Lipinski definition) is 5. The van der Waals surface area contributed by atoms with Gasteiger partial charge in [0, 0.05) is 18.6 Å². The van der Waals surface area contributed by atoms with E-state index in [0.29, 0.717) is 24.5 Å². The average molecular weight is 196 g/mol. The van der Waals surface area contributed by atoms with Gasteiger partial charge in [0.1, 0.15) is 0 Å². The van der Waals surface area contributed by atoms with E-state index in [-0.39, 0.29) is 0 Å². The Bertz CT molecular complexity index is 264. The van der Waals surface area contributed by atoms with Gasteiger partial charge in [-0.05, 0) is 20.4 Å². The van der Waals surface area contributed by atoms with E-state index in [2.05, 4.69) is 34.4 Å². The third-order valence-electron chi connectivity index (χ3n) is 2.83. The zero-order valence-electron chi connectivity index (χ0n) is 8.60. The van der Waals surface area contributed by atoms with E-state index in [0.717, 1.165) is 6.54 Å². The molecular weight excluding hydrogens is 180 g/mol. The van der Waals surface area contributed by atoms with Crippen molar-refractivity contribution in [3.63, 3.8) is 0 Å². The second-order valence-electron chi connectivity index (χ2n) is 3.93. The summed E-state index contributed by atoms with van der Waals surface area (Å²) in [6.45, 7) is 4.01. The predicted molar refractivity (Wildman–Crippen MR) is 51.6 cm³/mol. The van der Waals surface area contributed by atoms with Crippen LogP contribution >= 0.6 is 0 Å². The van der Waals surface area contributed by atoms with Gasteiger partial charge >= 0.3 is 0 Å². The average Bonchev–Trinajstić information content (AvgIpc) is 2.74. The first-order valence-electron chi connectivity index (χ1n) is 4.94. The Balaban J connectivity index is 1.77. The first-order valence-corrected chi connectivity index (χ1v) is 4.94. The summed E-state index contributed by atoms with van der Waals surface area (Å²) in [7, 11) is 2.15. The van der Waals surface area contributed by atoms with Gasteiger partial charge in [0.2, 0.25) is 12.3 Å². The number of nitrogens with one attached hydrogen (secondary N) is 1. The fourth-order valence-electron chi connectivity index (χ4n) is 1.85. The second kappa shape index (κ2) is 4.06. The Kier molecular flexibility index (Phi) is 2.79. The molecule has 0 radical (unpaired) electrons. The molecule has 0 aromatic carbocycles. The van der Waals surface area contributed by atoms with Gasteiger partial charge in [-0.25, -0.2) is 0 Å². The van der Waals surface area contributed by atoms with Gasteiger partial charge in [-0.3, -0.25) is 0 Å². The maximum absolute atomic E-state index is 5.05. The summed E-state index contributed by atoms with van der Waals surface area (Å²) in [5.41, 5.74) is 0. The quantitative estimate of drug-likeness (QED) is 0.751. The molecule has 2 unspecified atom stereocenters. The van der Waals surface area contributed by atoms with E-state index >= 15 is 0 Å². The Labute approximate surface area is 83.5 Å². The number of rotatable bonds is 3. The lowest BCUT2D eigenvalue weighted by Crippen LogP contribution is -2.31. The minimum atomic E-state index is 0.543. The molecule has 2 rings (SSSR count). The Morgan fingerprint density at radius 1 is 1.71 bits per heavy atom. The summed E-state index contributed by atoms with van der Waals surface area (Å²) >= 11 is 0. The highest BCUT2D eigenvalue weighted by Gasteiger charge is 2.25. The van der Waals surface area contributed by atoms with Gasteiger partial charge in [0.25, 0.3) is 0 Å². The standard InChI is InChI=1S/C9H16N4O/c1-7-3-8(5-13(7)2)10-4-9-12-11-6-14-9/h6-8,10H,3-5H2,1-2H3. The fraction of sp³-hybridized carbons (Fsp3) is 0.778. The Morgan fingerprint density at radius 3 is 3.14 bits per heavy atom. The van der Waals surface area contributed by atoms with Crippen LogP contribution < -0.4 is 5.32 Å². The van der Waals surface area contributed by atoms with Crippen LogP contribution in [-0.2, 0) is 6.54 Å². The third-order valence-corrected chi connectivity index (χ3v) is 2.83. The van der Waals surface area contributed by atoms with Crippen LogP contribution in [0.1, 0.15) is 19.2 Å². The van der Waals surface area contributed by atoms with Crippen molar-refractivity contribution in [1.29, 1.82) is 0 Å². The minimum absolute atomic E-state index is 0.543. The lowest BCUT2D eigenvalue weighted by molar-refractivity contribution is 0.325. The molecule has 2 atom stereocenters. The molecule has 5 nitrogen and oxygen atoms in total. The number of nitrogens with zero attached hydrogens (tertiary/aromatic N) is 3. The number of hydrogen-bond donors (Lipinski definition) is 1. The summed E-state index contributed by atoms with van der Waals surface area (Å²) in [5, 5.41) is 10.9. The molecular formula is C9H16N4O. The van der Waals surface area contributed by atoms with Gasteiger partial charge in [-0.15, -0.1) is 10.2 Å². The minimum Gasteiger partial charge on any atom is -0.427 e. The highest BCUT2D eigenvalue weighted by molar-refractivity contribution is 4.86. The summed E-state index contributed by atoms with van der Waals surface area (Å²) in [6, 6.07) is 1.21. The van der Waals surface area contributed by atoms with Crippen molar-refractivity contribution in [1.82, 2.24) is 20.4 Å². The first kappa shape index (κ1) is 9.61. The lowest BCUT2D eigenvalue weighted by atomic mass is 10.2. The first-order chi connectivity index (χ1) is 6.75. The van der Waals surface area contributed by atoms with Crippen LogP contribution in [0.3, 0.4) is 0 Å². The zero-order chi connectivity index (χ0) is 9.97. The van der Waals surface area contributed by atoms with Gasteiger partial charge in [0.05, 0.1) is 6.54 Å². The van der Waals surface area contributed by atoms with Gasteiger partial charge in [-0.2, -0.15) is 0 Å². The summed E-state index contributed by atoms with van der Waals surface area (Å²) in [4.78, 5) is 2.35.